The molecule has 1 saturated heterocycles. The average Bonchev–Trinajstić information content (AvgIpc) is 3.04. The molecule has 0 aromatic rings. The lowest BCUT2D eigenvalue weighted by Gasteiger charge is -2.27. The maximum absolute atomic E-state index is 3.69. The highest BCUT2D eigenvalue weighted by atomic mass is 15.2. The van der Waals surface area contributed by atoms with Gasteiger partial charge >= 0.3 is 0 Å². The van der Waals surface area contributed by atoms with Gasteiger partial charge in [0.05, 0.1) is 0 Å². The lowest BCUT2D eigenvalue weighted by Crippen LogP contribution is -2.34. The van der Waals surface area contributed by atoms with Crippen LogP contribution >= 0.6 is 0 Å². The summed E-state index contributed by atoms with van der Waals surface area (Å²) in [5, 5.41) is 3.69. The first-order chi connectivity index (χ1) is 9.23. The molecule has 2 heteroatoms. The molecule has 1 heterocycles. The predicted octanol–water partition coefficient (Wildman–Crippen LogP) is 3.67. The van der Waals surface area contributed by atoms with E-state index in [0.717, 1.165) is 18.5 Å². The number of rotatable bonds is 7. The highest BCUT2D eigenvalue weighted by Crippen LogP contribution is 2.37. The minimum Gasteiger partial charge on any atom is -0.314 e. The van der Waals surface area contributed by atoms with Crippen LogP contribution in [-0.2, 0) is 0 Å². The van der Waals surface area contributed by atoms with Gasteiger partial charge in [0.25, 0.3) is 0 Å². The molecule has 2 fully saturated rings. The van der Waals surface area contributed by atoms with Crippen molar-refractivity contribution in [3.63, 3.8) is 0 Å². The summed E-state index contributed by atoms with van der Waals surface area (Å²) < 4.78 is 0. The number of hydrogen-bond donors (Lipinski definition) is 1. The van der Waals surface area contributed by atoms with Crippen LogP contribution in [0.25, 0.3) is 0 Å². The molecule has 1 N–H and O–H groups in total. The molecule has 0 radical (unpaired) electrons. The summed E-state index contributed by atoms with van der Waals surface area (Å²) in [6, 6.07) is 0.815. The fourth-order valence-corrected chi connectivity index (χ4v) is 4.31. The normalized spacial score (nSPS) is 31.1. The van der Waals surface area contributed by atoms with Crippen molar-refractivity contribution >= 4 is 0 Å². The van der Waals surface area contributed by atoms with Crippen LogP contribution in [-0.4, -0.2) is 37.1 Å². The average molecular weight is 266 g/mol. The molecule has 1 saturated carbocycles. The molecule has 1 aliphatic carbocycles. The van der Waals surface area contributed by atoms with E-state index in [-0.39, 0.29) is 0 Å². The van der Waals surface area contributed by atoms with Crippen molar-refractivity contribution in [2.24, 2.45) is 11.3 Å². The Kier molecular flexibility index (Phi) is 5.70. The van der Waals surface area contributed by atoms with Gasteiger partial charge in [0, 0.05) is 12.6 Å². The first-order valence-electron chi connectivity index (χ1n) is 8.68. The first-order valence-corrected chi connectivity index (χ1v) is 8.68. The Bertz CT molecular complexity index is 260. The first kappa shape index (κ1) is 15.3. The van der Waals surface area contributed by atoms with Crippen molar-refractivity contribution in [2.75, 3.05) is 26.2 Å². The van der Waals surface area contributed by atoms with Crippen LogP contribution in [0.5, 0.6) is 0 Å². The third-order valence-corrected chi connectivity index (χ3v) is 5.96. The molecule has 19 heavy (non-hydrogen) atoms. The van der Waals surface area contributed by atoms with E-state index < -0.39 is 0 Å². The Morgan fingerprint density at radius 3 is 2.58 bits per heavy atom. The van der Waals surface area contributed by atoms with Crippen LogP contribution in [0.4, 0.5) is 0 Å². The van der Waals surface area contributed by atoms with Gasteiger partial charge in [0.15, 0.2) is 0 Å². The van der Waals surface area contributed by atoms with Crippen LogP contribution in [0.15, 0.2) is 0 Å². The standard InChI is InChI=1S/C17H34N2/c1-4-17(5-2)11-13-19(14-17)12-10-15-8-7-9-16(15)18-6-3/h15-16,18H,4-14H2,1-3H3. The van der Waals surface area contributed by atoms with Crippen molar-refractivity contribution < 1.29 is 0 Å². The quantitative estimate of drug-likeness (QED) is 0.756. The maximum Gasteiger partial charge on any atom is 0.00956 e. The van der Waals surface area contributed by atoms with E-state index in [0.29, 0.717) is 5.41 Å². The highest BCUT2D eigenvalue weighted by molar-refractivity contribution is 4.89. The summed E-state index contributed by atoms with van der Waals surface area (Å²) in [6.07, 6.45) is 9.89. The van der Waals surface area contributed by atoms with E-state index in [4.69, 9.17) is 0 Å². The fraction of sp³-hybridized carbons (Fsp3) is 1.00. The van der Waals surface area contributed by atoms with Gasteiger partial charge in [-0.1, -0.05) is 27.2 Å². The molecule has 2 rings (SSSR count). The summed E-state index contributed by atoms with van der Waals surface area (Å²) in [7, 11) is 0. The van der Waals surface area contributed by atoms with Crippen LogP contribution in [0.3, 0.4) is 0 Å². The largest absolute Gasteiger partial charge is 0.314 e. The van der Waals surface area contributed by atoms with E-state index in [1.807, 2.05) is 0 Å². The van der Waals surface area contributed by atoms with Gasteiger partial charge in [-0.2, -0.15) is 0 Å². The molecule has 2 aliphatic rings. The van der Waals surface area contributed by atoms with Crippen molar-refractivity contribution in [3.8, 4) is 0 Å². The monoisotopic (exact) mass is 266 g/mol. The van der Waals surface area contributed by atoms with Gasteiger partial charge in [-0.3, -0.25) is 0 Å². The van der Waals surface area contributed by atoms with E-state index in [1.54, 1.807) is 0 Å². The molecular weight excluding hydrogens is 232 g/mol. The molecule has 0 bridgehead atoms. The number of likely N-dealkylation sites (tertiary alicyclic amines) is 1. The van der Waals surface area contributed by atoms with Gasteiger partial charge in [-0.25, -0.2) is 0 Å². The van der Waals surface area contributed by atoms with Crippen molar-refractivity contribution in [3.05, 3.63) is 0 Å². The smallest absolute Gasteiger partial charge is 0.00956 e. The van der Waals surface area contributed by atoms with Crippen molar-refractivity contribution in [1.29, 1.82) is 0 Å². The zero-order chi connectivity index (χ0) is 13.7. The third-order valence-electron chi connectivity index (χ3n) is 5.96. The Morgan fingerprint density at radius 1 is 1.16 bits per heavy atom. The van der Waals surface area contributed by atoms with Crippen LogP contribution in [0, 0.1) is 11.3 Å². The summed E-state index contributed by atoms with van der Waals surface area (Å²) in [5.41, 5.74) is 0.650. The molecular formula is C17H34N2. The maximum atomic E-state index is 3.69. The summed E-state index contributed by atoms with van der Waals surface area (Å²) in [4.78, 5) is 2.74. The third kappa shape index (κ3) is 3.72. The highest BCUT2D eigenvalue weighted by Gasteiger charge is 2.35. The predicted molar refractivity (Wildman–Crippen MR) is 83.5 cm³/mol. The Hall–Kier alpha value is -0.0800. The summed E-state index contributed by atoms with van der Waals surface area (Å²) in [5.74, 6) is 0.943. The Morgan fingerprint density at radius 2 is 1.95 bits per heavy atom. The topological polar surface area (TPSA) is 15.3 Å². The van der Waals surface area contributed by atoms with Crippen LogP contribution in [0.2, 0.25) is 0 Å². The number of nitrogens with zero attached hydrogens (tertiary/aromatic N) is 1. The van der Waals surface area contributed by atoms with E-state index in [9.17, 15) is 0 Å². The minimum absolute atomic E-state index is 0.650. The SMILES string of the molecule is CCNC1CCCC1CCN1CCC(CC)(CC)C1. The summed E-state index contributed by atoms with van der Waals surface area (Å²) >= 11 is 0. The molecule has 0 aromatic heterocycles. The Balaban J connectivity index is 1.74. The van der Waals surface area contributed by atoms with Crippen LogP contribution in [0.1, 0.15) is 65.7 Å². The van der Waals surface area contributed by atoms with Gasteiger partial charge < -0.3 is 10.2 Å². The fourth-order valence-electron chi connectivity index (χ4n) is 4.31. The lowest BCUT2D eigenvalue weighted by atomic mass is 9.82. The van der Waals surface area contributed by atoms with Gasteiger partial charge in [0.2, 0.25) is 0 Å². The molecule has 2 nitrogen and oxygen atoms in total. The van der Waals surface area contributed by atoms with Gasteiger partial charge in [0.1, 0.15) is 0 Å². The minimum atomic E-state index is 0.650. The van der Waals surface area contributed by atoms with E-state index in [2.05, 4.69) is 31.0 Å². The zero-order valence-electron chi connectivity index (χ0n) is 13.4. The molecule has 112 valence electrons. The van der Waals surface area contributed by atoms with Crippen molar-refractivity contribution in [1.82, 2.24) is 10.2 Å². The molecule has 0 amide bonds. The summed E-state index contributed by atoms with van der Waals surface area (Å²) in [6.45, 7) is 12.2. The van der Waals surface area contributed by atoms with Gasteiger partial charge in [-0.05, 0) is 69.5 Å². The lowest BCUT2D eigenvalue weighted by molar-refractivity contribution is 0.225. The Labute approximate surface area is 120 Å². The molecule has 0 spiro atoms. The second kappa shape index (κ2) is 7.08. The van der Waals surface area contributed by atoms with Crippen LogP contribution < -0.4 is 5.32 Å². The van der Waals surface area contributed by atoms with E-state index in [1.165, 1.54) is 64.6 Å². The second-order valence-electron chi connectivity index (χ2n) is 6.88. The second-order valence-corrected chi connectivity index (χ2v) is 6.88. The van der Waals surface area contributed by atoms with Crippen molar-refractivity contribution in [2.45, 2.75) is 71.8 Å². The number of nitrogens with one attached hydrogen (secondary N) is 1. The molecule has 2 atom stereocenters. The number of hydrogen-bond acceptors (Lipinski definition) is 2. The molecule has 2 unspecified atom stereocenters. The zero-order valence-corrected chi connectivity index (χ0v) is 13.4. The molecule has 1 aliphatic heterocycles. The molecule has 0 aromatic carbocycles. The van der Waals surface area contributed by atoms with Gasteiger partial charge in [-0.15, -0.1) is 0 Å². The van der Waals surface area contributed by atoms with E-state index >= 15 is 0 Å².